The normalized spacial score (nSPS) is 47.6. The van der Waals surface area contributed by atoms with Gasteiger partial charge in [-0.25, -0.2) is 4.39 Å². The van der Waals surface area contributed by atoms with Crippen molar-refractivity contribution in [2.75, 3.05) is 7.05 Å². The van der Waals surface area contributed by atoms with Gasteiger partial charge in [-0.2, -0.15) is 0 Å². The van der Waals surface area contributed by atoms with Crippen molar-refractivity contribution in [3.8, 4) is 0 Å². The van der Waals surface area contributed by atoms with E-state index in [-0.39, 0.29) is 0 Å². The molecule has 2 saturated heterocycles. The molecule has 0 bridgehead atoms. The number of alkyl halides is 1. The predicted octanol–water partition coefficient (Wildman–Crippen LogP) is -0.518. The molecule has 2 rings (SSSR count). The molecule has 0 radical (unpaired) electrons. The first kappa shape index (κ1) is 12.1. The molecule has 6 atom stereocenters. The van der Waals surface area contributed by atoms with Crippen molar-refractivity contribution in [1.82, 2.24) is 5.32 Å². The van der Waals surface area contributed by atoms with E-state index in [1.54, 1.807) is 7.05 Å². The molecule has 2 aliphatic heterocycles. The fraction of sp³-hybridized carbons (Fsp3) is 0.889. The summed E-state index contributed by atoms with van der Waals surface area (Å²) in [4.78, 5) is 3.92. The number of nitrogens with zero attached hydrogens (tertiary/aromatic N) is 1. The van der Waals surface area contributed by atoms with Crippen LogP contribution in [-0.4, -0.2) is 58.4 Å². The molecule has 0 unspecified atom stereocenters. The van der Waals surface area contributed by atoms with Crippen molar-refractivity contribution in [3.63, 3.8) is 0 Å². The van der Waals surface area contributed by atoms with Gasteiger partial charge in [0, 0.05) is 7.05 Å². The lowest BCUT2D eigenvalue weighted by molar-refractivity contribution is -0.167. The Bertz CT molecular complexity index is 302. The highest BCUT2D eigenvalue weighted by molar-refractivity contribution is 8.14. The first-order chi connectivity index (χ1) is 7.54. The van der Waals surface area contributed by atoms with Gasteiger partial charge in [0.25, 0.3) is 0 Å². The molecule has 2 aliphatic rings. The average Bonchev–Trinajstić information content (AvgIpc) is 2.66. The van der Waals surface area contributed by atoms with Gasteiger partial charge < -0.3 is 20.3 Å². The van der Waals surface area contributed by atoms with Gasteiger partial charge in [0.1, 0.15) is 17.6 Å². The van der Waals surface area contributed by atoms with Crippen molar-refractivity contribution in [1.29, 1.82) is 0 Å². The van der Waals surface area contributed by atoms with E-state index in [1.807, 2.05) is 0 Å². The lowest BCUT2D eigenvalue weighted by atomic mass is 9.96. The van der Waals surface area contributed by atoms with Crippen molar-refractivity contribution >= 4 is 16.9 Å². The number of aliphatic hydroxyl groups is 2. The molecule has 7 heteroatoms. The Kier molecular flexibility index (Phi) is 3.39. The highest BCUT2D eigenvalue weighted by Crippen LogP contribution is 2.35. The summed E-state index contributed by atoms with van der Waals surface area (Å²) < 4.78 is 19.3. The van der Waals surface area contributed by atoms with Crippen molar-refractivity contribution in [2.45, 2.75) is 42.9 Å². The minimum absolute atomic E-state index is 0.448. The zero-order valence-electron chi connectivity index (χ0n) is 9.00. The van der Waals surface area contributed by atoms with Gasteiger partial charge in [-0.3, -0.25) is 4.99 Å². The molecule has 2 fully saturated rings. The van der Waals surface area contributed by atoms with E-state index in [2.05, 4.69) is 10.3 Å². The zero-order chi connectivity index (χ0) is 11.9. The molecule has 3 N–H and O–H groups in total. The van der Waals surface area contributed by atoms with Gasteiger partial charge in [0.05, 0.1) is 12.1 Å². The highest BCUT2D eigenvalue weighted by atomic mass is 32.2. The van der Waals surface area contributed by atoms with Crippen LogP contribution in [-0.2, 0) is 4.74 Å². The summed E-state index contributed by atoms with van der Waals surface area (Å²) in [5, 5.41) is 22.5. The standard InChI is InChI=1S/C9H15FN2O3S/c1-3(13)7-6(14)4(10)5-8(15-7)16-9(11-2)12-5/h3-8,13-14H,1-2H3,(H,11,12)/t3-,4-,5-,6+,7-,8-/m1/s1. The van der Waals surface area contributed by atoms with Crippen LogP contribution in [0.15, 0.2) is 4.99 Å². The summed E-state index contributed by atoms with van der Waals surface area (Å²) in [6.45, 7) is 1.48. The van der Waals surface area contributed by atoms with Crippen LogP contribution >= 0.6 is 11.8 Å². The van der Waals surface area contributed by atoms with Crippen LogP contribution in [0.3, 0.4) is 0 Å². The van der Waals surface area contributed by atoms with E-state index < -0.39 is 36.0 Å². The molecule has 5 nitrogen and oxygen atoms in total. The Labute approximate surface area is 97.1 Å². The molecule has 92 valence electrons. The van der Waals surface area contributed by atoms with Crippen LogP contribution in [0.4, 0.5) is 4.39 Å². The van der Waals surface area contributed by atoms with Gasteiger partial charge >= 0.3 is 0 Å². The topological polar surface area (TPSA) is 74.1 Å². The fourth-order valence-corrected chi connectivity index (χ4v) is 2.99. The number of aliphatic imine (C=N–C) groups is 1. The van der Waals surface area contributed by atoms with Gasteiger partial charge in [0.2, 0.25) is 0 Å². The summed E-state index contributed by atoms with van der Waals surface area (Å²) in [5.41, 5.74) is -0.448. The molecule has 0 spiro atoms. The highest BCUT2D eigenvalue weighted by Gasteiger charge is 2.51. The van der Waals surface area contributed by atoms with Crippen LogP contribution in [0.1, 0.15) is 6.92 Å². The number of rotatable bonds is 1. The number of hydrogen-bond donors (Lipinski definition) is 3. The monoisotopic (exact) mass is 250 g/mol. The van der Waals surface area contributed by atoms with E-state index >= 15 is 0 Å². The number of halogens is 1. The van der Waals surface area contributed by atoms with Gasteiger partial charge in [0.15, 0.2) is 11.3 Å². The zero-order valence-corrected chi connectivity index (χ0v) is 9.82. The summed E-state index contributed by atoms with van der Waals surface area (Å²) in [6, 6.07) is -0.603. The Balaban J connectivity index is 2.15. The molecular weight excluding hydrogens is 235 g/mol. The van der Waals surface area contributed by atoms with E-state index in [1.165, 1.54) is 18.7 Å². The minimum atomic E-state index is -1.47. The molecular formula is C9H15FN2O3S. The van der Waals surface area contributed by atoms with Crippen molar-refractivity contribution in [2.24, 2.45) is 4.99 Å². The van der Waals surface area contributed by atoms with E-state index in [4.69, 9.17) is 4.74 Å². The first-order valence-electron chi connectivity index (χ1n) is 5.10. The van der Waals surface area contributed by atoms with Crippen LogP contribution in [0.25, 0.3) is 0 Å². The summed E-state index contributed by atoms with van der Waals surface area (Å²) in [7, 11) is 1.60. The molecule has 0 aromatic heterocycles. The van der Waals surface area contributed by atoms with Crippen LogP contribution in [0.5, 0.6) is 0 Å². The van der Waals surface area contributed by atoms with E-state index in [0.29, 0.717) is 5.17 Å². The number of thioether (sulfide) groups is 1. The number of aliphatic hydroxyl groups excluding tert-OH is 2. The molecule has 0 aromatic carbocycles. The molecule has 0 aromatic rings. The largest absolute Gasteiger partial charge is 0.391 e. The Morgan fingerprint density at radius 2 is 2.31 bits per heavy atom. The lowest BCUT2D eigenvalue weighted by Crippen LogP contribution is -2.59. The number of fused-ring (bicyclic) bond motifs is 1. The fourth-order valence-electron chi connectivity index (χ4n) is 1.92. The van der Waals surface area contributed by atoms with Gasteiger partial charge in [-0.1, -0.05) is 11.8 Å². The van der Waals surface area contributed by atoms with E-state index in [0.717, 1.165) is 0 Å². The third-order valence-corrected chi connectivity index (χ3v) is 3.95. The number of ether oxygens (including phenoxy) is 1. The molecule has 0 amide bonds. The Morgan fingerprint density at radius 3 is 2.88 bits per heavy atom. The minimum Gasteiger partial charge on any atom is -0.391 e. The van der Waals surface area contributed by atoms with Crippen LogP contribution < -0.4 is 5.32 Å². The summed E-state index contributed by atoms with van der Waals surface area (Å²) in [6.07, 6.45) is -4.57. The van der Waals surface area contributed by atoms with Crippen molar-refractivity contribution in [3.05, 3.63) is 0 Å². The third kappa shape index (κ3) is 1.92. The summed E-state index contributed by atoms with van der Waals surface area (Å²) in [5.74, 6) is 0. The second-order valence-corrected chi connectivity index (χ2v) is 5.05. The maximum absolute atomic E-state index is 13.9. The SMILES string of the molecule is CN=C1N[C@@H]2[C@@H](F)[C@H](O)[C@@H]([C@@H](C)O)O[C@@H]2S1. The molecule has 16 heavy (non-hydrogen) atoms. The van der Waals surface area contributed by atoms with Crippen LogP contribution in [0.2, 0.25) is 0 Å². The third-order valence-electron chi connectivity index (χ3n) is 2.79. The second-order valence-electron chi connectivity index (χ2n) is 3.96. The number of hydrogen-bond acceptors (Lipinski definition) is 5. The number of nitrogens with one attached hydrogen (secondary N) is 1. The number of amidine groups is 1. The van der Waals surface area contributed by atoms with Gasteiger partial charge in [-0.15, -0.1) is 0 Å². The van der Waals surface area contributed by atoms with Gasteiger partial charge in [-0.05, 0) is 6.92 Å². The lowest BCUT2D eigenvalue weighted by Gasteiger charge is -2.38. The summed E-state index contributed by atoms with van der Waals surface area (Å²) >= 11 is 1.28. The van der Waals surface area contributed by atoms with Crippen molar-refractivity contribution < 1.29 is 19.3 Å². The maximum atomic E-state index is 13.9. The molecule has 0 saturated carbocycles. The Hall–Kier alpha value is -0.370. The molecule has 0 aliphatic carbocycles. The molecule has 2 heterocycles. The maximum Gasteiger partial charge on any atom is 0.159 e. The predicted molar refractivity (Wildman–Crippen MR) is 59.1 cm³/mol. The van der Waals surface area contributed by atoms with Crippen LogP contribution in [0, 0.1) is 0 Å². The van der Waals surface area contributed by atoms with E-state index in [9.17, 15) is 14.6 Å². The Morgan fingerprint density at radius 1 is 1.62 bits per heavy atom. The average molecular weight is 250 g/mol. The second kappa shape index (κ2) is 4.48. The quantitative estimate of drug-likeness (QED) is 0.584. The smallest absolute Gasteiger partial charge is 0.159 e. The first-order valence-corrected chi connectivity index (χ1v) is 5.98.